The average molecular weight is 495 g/mol. The Labute approximate surface area is 204 Å². The van der Waals surface area contributed by atoms with Gasteiger partial charge >= 0.3 is 23.9 Å². The summed E-state index contributed by atoms with van der Waals surface area (Å²) in [6, 6.07) is 0. The Morgan fingerprint density at radius 2 is 1.83 bits per heavy atom. The summed E-state index contributed by atoms with van der Waals surface area (Å²) in [5, 5.41) is 0. The van der Waals surface area contributed by atoms with Gasteiger partial charge in [-0.15, -0.1) is 0 Å². The second-order valence-electron chi connectivity index (χ2n) is 9.92. The summed E-state index contributed by atoms with van der Waals surface area (Å²) in [6.07, 6.45) is 2.26. The standard InChI is InChI=1S/C25H34O10/c1-7-14(2)8-20(28)34-23-22-18(17(12-31-23)11-30-15(3)26)9-19(25(22)13-32-25)33-21(29)10-24(5,6)35-16(4)27/h9,12,14,19,22-23H,7-8,10-11,13H2,1-6H3/t14-,19+,22-,23+,25-/m1/s1. The molecule has 0 N–H and O–H groups in total. The monoisotopic (exact) mass is 494 g/mol. The van der Waals surface area contributed by atoms with Crippen LogP contribution in [0.2, 0.25) is 0 Å². The molecule has 10 nitrogen and oxygen atoms in total. The molecule has 0 amide bonds. The van der Waals surface area contributed by atoms with Gasteiger partial charge in [-0.2, -0.15) is 0 Å². The zero-order valence-corrected chi connectivity index (χ0v) is 21.1. The van der Waals surface area contributed by atoms with E-state index in [2.05, 4.69) is 0 Å². The molecule has 0 radical (unpaired) electrons. The minimum atomic E-state index is -1.05. The fraction of sp³-hybridized carbons (Fsp3) is 0.680. The topological polar surface area (TPSA) is 127 Å². The maximum absolute atomic E-state index is 12.7. The Morgan fingerprint density at radius 3 is 2.40 bits per heavy atom. The third-order valence-corrected chi connectivity index (χ3v) is 6.28. The molecule has 35 heavy (non-hydrogen) atoms. The van der Waals surface area contributed by atoms with Crippen molar-refractivity contribution >= 4 is 23.9 Å². The van der Waals surface area contributed by atoms with Crippen molar-refractivity contribution in [2.75, 3.05) is 13.2 Å². The fourth-order valence-electron chi connectivity index (χ4n) is 4.34. The summed E-state index contributed by atoms with van der Waals surface area (Å²) in [5.41, 5.74) is -0.772. The van der Waals surface area contributed by atoms with Crippen LogP contribution in [0.25, 0.3) is 0 Å². The summed E-state index contributed by atoms with van der Waals surface area (Å²) in [5.74, 6) is -2.36. The van der Waals surface area contributed by atoms with Crippen molar-refractivity contribution in [1.82, 2.24) is 0 Å². The molecule has 2 aliphatic heterocycles. The maximum Gasteiger partial charge on any atom is 0.310 e. The highest BCUT2D eigenvalue weighted by atomic mass is 16.7. The molecule has 1 fully saturated rings. The minimum Gasteiger partial charge on any atom is -0.461 e. The van der Waals surface area contributed by atoms with Crippen LogP contribution >= 0.6 is 0 Å². The lowest BCUT2D eigenvalue weighted by Gasteiger charge is -2.33. The van der Waals surface area contributed by atoms with Crippen molar-refractivity contribution in [1.29, 1.82) is 0 Å². The summed E-state index contributed by atoms with van der Waals surface area (Å²) in [6.45, 7) is 9.95. The van der Waals surface area contributed by atoms with Crippen LogP contribution in [0.15, 0.2) is 23.5 Å². The number of epoxide rings is 1. The van der Waals surface area contributed by atoms with Gasteiger partial charge in [-0.05, 0) is 31.4 Å². The molecule has 5 atom stereocenters. The Kier molecular flexibility index (Phi) is 7.93. The van der Waals surface area contributed by atoms with Crippen molar-refractivity contribution in [3.05, 3.63) is 23.5 Å². The van der Waals surface area contributed by atoms with E-state index in [4.69, 9.17) is 28.4 Å². The predicted molar refractivity (Wildman–Crippen MR) is 120 cm³/mol. The van der Waals surface area contributed by atoms with E-state index in [0.717, 1.165) is 6.42 Å². The lowest BCUT2D eigenvalue weighted by molar-refractivity contribution is -0.187. The van der Waals surface area contributed by atoms with E-state index >= 15 is 0 Å². The molecule has 3 rings (SSSR count). The van der Waals surface area contributed by atoms with Gasteiger partial charge in [0, 0.05) is 25.8 Å². The molecular formula is C25H34O10. The highest BCUT2D eigenvalue weighted by Crippen LogP contribution is 2.54. The lowest BCUT2D eigenvalue weighted by Crippen LogP contribution is -2.45. The fourth-order valence-corrected chi connectivity index (χ4v) is 4.34. The number of hydrogen-bond acceptors (Lipinski definition) is 10. The molecule has 0 aromatic carbocycles. The Bertz CT molecular complexity index is 927. The third-order valence-electron chi connectivity index (χ3n) is 6.28. The summed E-state index contributed by atoms with van der Waals surface area (Å²) < 4.78 is 33.3. The van der Waals surface area contributed by atoms with E-state index in [1.807, 2.05) is 13.8 Å². The second-order valence-corrected chi connectivity index (χ2v) is 9.92. The maximum atomic E-state index is 12.7. The first kappa shape index (κ1) is 26.7. The van der Waals surface area contributed by atoms with Crippen LogP contribution in [0.5, 0.6) is 0 Å². The van der Waals surface area contributed by atoms with Gasteiger partial charge in [0.05, 0.1) is 25.2 Å². The Balaban J connectivity index is 1.80. The summed E-state index contributed by atoms with van der Waals surface area (Å²) >= 11 is 0. The van der Waals surface area contributed by atoms with Gasteiger partial charge in [0.1, 0.15) is 17.8 Å². The van der Waals surface area contributed by atoms with Crippen molar-refractivity contribution in [3.63, 3.8) is 0 Å². The number of esters is 4. The summed E-state index contributed by atoms with van der Waals surface area (Å²) in [7, 11) is 0. The van der Waals surface area contributed by atoms with Gasteiger partial charge < -0.3 is 28.4 Å². The van der Waals surface area contributed by atoms with Gasteiger partial charge in [-0.25, -0.2) is 0 Å². The molecule has 1 spiro atoms. The van der Waals surface area contributed by atoms with E-state index in [1.165, 1.54) is 20.1 Å². The van der Waals surface area contributed by atoms with E-state index < -0.39 is 53.4 Å². The first-order chi connectivity index (χ1) is 16.4. The molecule has 194 valence electrons. The van der Waals surface area contributed by atoms with Gasteiger partial charge in [0.15, 0.2) is 6.10 Å². The van der Waals surface area contributed by atoms with Crippen LogP contribution in [-0.4, -0.2) is 60.7 Å². The predicted octanol–water partition coefficient (Wildman–Crippen LogP) is 2.74. The largest absolute Gasteiger partial charge is 0.461 e. The van der Waals surface area contributed by atoms with Crippen LogP contribution in [-0.2, 0) is 47.6 Å². The number of ether oxygens (including phenoxy) is 6. The van der Waals surface area contributed by atoms with Crippen LogP contribution in [0.4, 0.5) is 0 Å². The van der Waals surface area contributed by atoms with Crippen molar-refractivity contribution in [3.8, 4) is 0 Å². The number of carbonyl (C=O) groups is 4. The zero-order chi connectivity index (χ0) is 26.0. The van der Waals surface area contributed by atoms with Crippen LogP contribution < -0.4 is 0 Å². The molecule has 0 aromatic heterocycles. The SMILES string of the molecule is CC[C@@H](C)CC(=O)O[C@@H]1OC=C(COC(C)=O)C2=C[C@H](OC(=O)CC(C)(C)OC(C)=O)[C@]3(CO3)[C@H]21. The highest BCUT2D eigenvalue weighted by molar-refractivity contribution is 5.73. The van der Waals surface area contributed by atoms with Gasteiger partial charge in [-0.1, -0.05) is 20.3 Å². The van der Waals surface area contributed by atoms with Crippen molar-refractivity contribution in [2.24, 2.45) is 11.8 Å². The molecule has 0 unspecified atom stereocenters. The van der Waals surface area contributed by atoms with Crippen molar-refractivity contribution < 1.29 is 47.6 Å². The summed E-state index contributed by atoms with van der Waals surface area (Å²) in [4.78, 5) is 47.9. The molecule has 1 aliphatic carbocycles. The number of hydrogen-bond donors (Lipinski definition) is 0. The number of fused-ring (bicyclic) bond motifs is 2. The molecule has 0 aromatic rings. The van der Waals surface area contributed by atoms with Crippen LogP contribution in [0.1, 0.15) is 60.8 Å². The first-order valence-corrected chi connectivity index (χ1v) is 11.8. The smallest absolute Gasteiger partial charge is 0.310 e. The zero-order valence-electron chi connectivity index (χ0n) is 21.1. The minimum absolute atomic E-state index is 0.0541. The molecule has 2 heterocycles. The van der Waals surface area contributed by atoms with E-state index in [-0.39, 0.29) is 32.0 Å². The van der Waals surface area contributed by atoms with E-state index in [9.17, 15) is 19.2 Å². The average Bonchev–Trinajstić information content (AvgIpc) is 3.45. The van der Waals surface area contributed by atoms with Crippen molar-refractivity contribution in [2.45, 2.75) is 84.4 Å². The third kappa shape index (κ3) is 6.42. The Morgan fingerprint density at radius 1 is 1.14 bits per heavy atom. The highest BCUT2D eigenvalue weighted by Gasteiger charge is 2.68. The first-order valence-electron chi connectivity index (χ1n) is 11.8. The van der Waals surface area contributed by atoms with Gasteiger partial charge in [-0.3, -0.25) is 19.2 Å². The van der Waals surface area contributed by atoms with Gasteiger partial charge in [0.25, 0.3) is 6.29 Å². The van der Waals surface area contributed by atoms with Gasteiger partial charge in [0.2, 0.25) is 0 Å². The van der Waals surface area contributed by atoms with E-state index in [1.54, 1.807) is 19.9 Å². The molecule has 1 saturated heterocycles. The van der Waals surface area contributed by atoms with E-state index in [0.29, 0.717) is 11.1 Å². The molecule has 3 aliphatic rings. The second kappa shape index (κ2) is 10.4. The van der Waals surface area contributed by atoms with Crippen LogP contribution in [0, 0.1) is 11.8 Å². The molecular weight excluding hydrogens is 460 g/mol. The normalized spacial score (nSPS) is 27.5. The van der Waals surface area contributed by atoms with Crippen LogP contribution in [0.3, 0.4) is 0 Å². The number of carbonyl (C=O) groups excluding carboxylic acids is 4. The molecule has 10 heteroatoms. The lowest BCUT2D eigenvalue weighted by atomic mass is 9.85. The number of rotatable bonds is 10. The molecule has 0 saturated carbocycles. The molecule has 0 bridgehead atoms. The Hall–Kier alpha value is -2.88. The quantitative estimate of drug-likeness (QED) is 0.254.